The van der Waals surface area contributed by atoms with E-state index in [1.54, 1.807) is 7.11 Å². The minimum atomic E-state index is -0.438. The van der Waals surface area contributed by atoms with Crippen molar-refractivity contribution < 1.29 is 24.1 Å². The van der Waals surface area contributed by atoms with Gasteiger partial charge in [-0.2, -0.15) is 0 Å². The zero-order chi connectivity index (χ0) is 25.5. The van der Waals surface area contributed by atoms with Crippen molar-refractivity contribution in [2.75, 3.05) is 14.2 Å². The lowest BCUT2D eigenvalue weighted by Gasteiger charge is -2.24. The van der Waals surface area contributed by atoms with Gasteiger partial charge in [0.05, 0.1) is 33.0 Å². The highest BCUT2D eigenvalue weighted by Gasteiger charge is 2.42. The summed E-state index contributed by atoms with van der Waals surface area (Å²) in [4.78, 5) is 11.3. The molecule has 6 heteroatoms. The molecule has 0 spiro atoms. The molecule has 0 aromatic heterocycles. The lowest BCUT2D eigenvalue weighted by molar-refractivity contribution is -0.140. The Morgan fingerprint density at radius 2 is 1.94 bits per heavy atom. The van der Waals surface area contributed by atoms with Gasteiger partial charge in [-0.3, -0.25) is 4.79 Å². The molecule has 5 atom stereocenters. The summed E-state index contributed by atoms with van der Waals surface area (Å²) in [5, 5.41) is 10.8. The SMILES string of the molecule is COC(=O)CCC/C=C\C[C@@H]1[C@H](c2ccc3c(c2)CCC3OCc2ccc(OC)cc2)C(O)C[C@@H]1Cl. The third-order valence-corrected chi connectivity index (χ3v) is 8.05. The summed E-state index contributed by atoms with van der Waals surface area (Å²) >= 11 is 6.69. The molecule has 4 rings (SSSR count). The third-order valence-electron chi connectivity index (χ3n) is 7.55. The van der Waals surface area contributed by atoms with E-state index in [-0.39, 0.29) is 29.3 Å². The number of ether oxygens (including phenoxy) is 3. The van der Waals surface area contributed by atoms with Crippen molar-refractivity contribution in [3.8, 4) is 5.75 Å². The van der Waals surface area contributed by atoms with Crippen LogP contribution in [0.3, 0.4) is 0 Å². The Balaban J connectivity index is 1.36. The van der Waals surface area contributed by atoms with Crippen LogP contribution in [0.25, 0.3) is 0 Å². The number of alkyl halides is 1. The number of carbonyl (C=O) groups excluding carboxylic acids is 1. The van der Waals surface area contributed by atoms with Crippen LogP contribution < -0.4 is 4.74 Å². The zero-order valence-corrected chi connectivity index (χ0v) is 22.0. The van der Waals surface area contributed by atoms with E-state index in [0.717, 1.165) is 43.4 Å². The summed E-state index contributed by atoms with van der Waals surface area (Å²) in [6.07, 6.45) is 9.34. The number of methoxy groups -OCH3 is 2. The maximum absolute atomic E-state index is 11.3. The van der Waals surface area contributed by atoms with E-state index >= 15 is 0 Å². The average Bonchev–Trinajstić information content (AvgIpc) is 3.43. The first kappa shape index (κ1) is 26.7. The van der Waals surface area contributed by atoms with Gasteiger partial charge in [-0.1, -0.05) is 42.5 Å². The highest BCUT2D eigenvalue weighted by atomic mass is 35.5. The molecule has 2 unspecified atom stereocenters. The molecular weight excluding hydrogens is 476 g/mol. The van der Waals surface area contributed by atoms with Crippen LogP contribution in [0.1, 0.15) is 72.8 Å². The number of aryl methyl sites for hydroxylation is 1. The Morgan fingerprint density at radius 3 is 2.69 bits per heavy atom. The molecule has 1 N–H and O–H groups in total. The first-order valence-corrected chi connectivity index (χ1v) is 13.3. The van der Waals surface area contributed by atoms with Gasteiger partial charge in [0.25, 0.3) is 0 Å². The predicted octanol–water partition coefficient (Wildman–Crippen LogP) is 6.26. The van der Waals surface area contributed by atoms with Crippen LogP contribution >= 0.6 is 11.6 Å². The Kier molecular flexibility index (Phi) is 9.47. The molecule has 0 radical (unpaired) electrons. The first-order chi connectivity index (χ1) is 17.5. The van der Waals surface area contributed by atoms with Gasteiger partial charge < -0.3 is 19.3 Å². The number of carbonyl (C=O) groups is 1. The summed E-state index contributed by atoms with van der Waals surface area (Å²) in [6.45, 7) is 0.569. The van der Waals surface area contributed by atoms with Crippen molar-refractivity contribution in [1.82, 2.24) is 0 Å². The molecule has 2 aliphatic rings. The zero-order valence-electron chi connectivity index (χ0n) is 21.2. The topological polar surface area (TPSA) is 65.0 Å². The van der Waals surface area contributed by atoms with Gasteiger partial charge in [-0.05, 0) is 78.8 Å². The van der Waals surface area contributed by atoms with Gasteiger partial charge in [0.1, 0.15) is 5.75 Å². The van der Waals surface area contributed by atoms with Crippen LogP contribution in [0.15, 0.2) is 54.6 Å². The second-order valence-corrected chi connectivity index (χ2v) is 10.4. The molecule has 36 heavy (non-hydrogen) atoms. The number of aliphatic hydroxyl groups excluding tert-OH is 1. The minimum Gasteiger partial charge on any atom is -0.497 e. The largest absolute Gasteiger partial charge is 0.497 e. The number of fused-ring (bicyclic) bond motifs is 1. The Hall–Kier alpha value is -2.34. The van der Waals surface area contributed by atoms with Gasteiger partial charge in [-0.25, -0.2) is 0 Å². The molecule has 0 heterocycles. The number of rotatable bonds is 11. The van der Waals surface area contributed by atoms with Gasteiger partial charge in [-0.15, -0.1) is 11.6 Å². The normalized spacial score (nSPS) is 25.3. The van der Waals surface area contributed by atoms with E-state index in [1.807, 2.05) is 24.3 Å². The smallest absolute Gasteiger partial charge is 0.305 e. The molecule has 2 aromatic rings. The molecule has 0 bridgehead atoms. The summed E-state index contributed by atoms with van der Waals surface area (Å²) in [5.74, 6) is 0.878. The van der Waals surface area contributed by atoms with Crippen LogP contribution in [0.4, 0.5) is 0 Å². The highest BCUT2D eigenvalue weighted by molar-refractivity contribution is 6.21. The van der Waals surface area contributed by atoms with E-state index < -0.39 is 6.10 Å². The van der Waals surface area contributed by atoms with Crippen molar-refractivity contribution >= 4 is 17.6 Å². The molecule has 0 aliphatic heterocycles. The molecule has 2 aliphatic carbocycles. The van der Waals surface area contributed by atoms with Crippen LogP contribution in [-0.2, 0) is 27.3 Å². The Labute approximate surface area is 219 Å². The van der Waals surface area contributed by atoms with E-state index in [0.29, 0.717) is 19.4 Å². The van der Waals surface area contributed by atoms with Gasteiger partial charge >= 0.3 is 5.97 Å². The fraction of sp³-hybridized carbons (Fsp3) is 0.500. The van der Waals surface area contributed by atoms with Crippen molar-refractivity contribution in [2.24, 2.45) is 5.92 Å². The fourth-order valence-corrected chi connectivity index (χ4v) is 6.00. The second kappa shape index (κ2) is 12.8. The number of esters is 1. The Morgan fingerprint density at radius 1 is 1.14 bits per heavy atom. The summed E-state index contributed by atoms with van der Waals surface area (Å²) in [5.41, 5.74) is 4.87. The monoisotopic (exact) mass is 512 g/mol. The quantitative estimate of drug-likeness (QED) is 0.166. The summed E-state index contributed by atoms with van der Waals surface area (Å²) in [6, 6.07) is 14.6. The maximum atomic E-state index is 11.3. The van der Waals surface area contributed by atoms with Crippen molar-refractivity contribution in [3.05, 3.63) is 76.9 Å². The molecular formula is C30H37ClO5. The second-order valence-electron chi connectivity index (χ2n) is 9.83. The molecule has 1 fully saturated rings. The van der Waals surface area contributed by atoms with Gasteiger partial charge in [0, 0.05) is 17.7 Å². The highest BCUT2D eigenvalue weighted by Crippen LogP contribution is 2.46. The third kappa shape index (κ3) is 6.50. The number of hydrogen-bond donors (Lipinski definition) is 1. The molecule has 194 valence electrons. The van der Waals surface area contributed by atoms with Crippen molar-refractivity contribution in [2.45, 2.75) is 75.1 Å². The molecule has 1 saturated carbocycles. The van der Waals surface area contributed by atoms with Crippen LogP contribution in [0, 0.1) is 5.92 Å². The van der Waals surface area contributed by atoms with E-state index in [1.165, 1.54) is 23.8 Å². The maximum Gasteiger partial charge on any atom is 0.305 e. The van der Waals surface area contributed by atoms with Crippen LogP contribution in [0.5, 0.6) is 5.75 Å². The number of aliphatic hydroxyl groups is 1. The summed E-state index contributed by atoms with van der Waals surface area (Å²) < 4.78 is 16.2. The van der Waals surface area contributed by atoms with E-state index in [9.17, 15) is 9.90 Å². The number of unbranched alkanes of at least 4 members (excludes halogenated alkanes) is 1. The standard InChI is InChI=1S/C30H37ClO5/c1-34-23-13-9-20(10-14-23)19-36-28-16-12-21-17-22(11-15-24(21)28)30-25(26(31)18-27(30)32)7-5-3-4-6-8-29(33)35-2/h3,5,9-11,13-15,17,25-28,30,32H,4,6-8,12,16,18-19H2,1-2H3/b5-3-/t25-,26-,27?,28?,30-/m0/s1. The number of allylic oxidation sites excluding steroid dienone is 2. The lowest BCUT2D eigenvalue weighted by Crippen LogP contribution is -2.18. The molecule has 5 nitrogen and oxygen atoms in total. The molecule has 2 aromatic carbocycles. The minimum absolute atomic E-state index is 0.0248. The van der Waals surface area contributed by atoms with Crippen molar-refractivity contribution in [3.63, 3.8) is 0 Å². The summed E-state index contributed by atoms with van der Waals surface area (Å²) in [7, 11) is 3.08. The number of hydrogen-bond acceptors (Lipinski definition) is 5. The average molecular weight is 513 g/mol. The van der Waals surface area contributed by atoms with E-state index in [2.05, 4.69) is 35.1 Å². The number of halogens is 1. The van der Waals surface area contributed by atoms with Gasteiger partial charge in [0.15, 0.2) is 0 Å². The van der Waals surface area contributed by atoms with Crippen LogP contribution in [0.2, 0.25) is 0 Å². The fourth-order valence-electron chi connectivity index (χ4n) is 5.56. The lowest BCUT2D eigenvalue weighted by atomic mass is 9.84. The number of benzene rings is 2. The molecule has 0 saturated heterocycles. The first-order valence-electron chi connectivity index (χ1n) is 12.9. The molecule has 0 amide bonds. The Bertz CT molecular complexity index is 1030. The van der Waals surface area contributed by atoms with Crippen LogP contribution in [-0.4, -0.2) is 36.8 Å². The van der Waals surface area contributed by atoms with E-state index in [4.69, 9.17) is 21.1 Å². The predicted molar refractivity (Wildman–Crippen MR) is 141 cm³/mol. The van der Waals surface area contributed by atoms with Gasteiger partial charge in [0.2, 0.25) is 0 Å². The van der Waals surface area contributed by atoms with Crippen molar-refractivity contribution in [1.29, 1.82) is 0 Å².